The van der Waals surface area contributed by atoms with Crippen LogP contribution in [0.5, 0.6) is 0 Å². The number of rotatable bonds is 1. The third kappa shape index (κ3) is 1.31. The number of benzene rings is 3. The van der Waals surface area contributed by atoms with Crippen molar-refractivity contribution in [2.75, 3.05) is 12.5 Å². The van der Waals surface area contributed by atoms with Crippen LogP contribution in [0.2, 0.25) is 0 Å². The molecule has 1 aromatic heterocycles. The van der Waals surface area contributed by atoms with Crippen LogP contribution in [0.4, 0.5) is 0 Å². The molecule has 0 bridgehead atoms. The molecule has 3 aromatic carbocycles. The summed E-state index contributed by atoms with van der Waals surface area (Å²) >= 11 is 0. The monoisotopic (exact) mass is 246 g/mol. The molecule has 0 spiro atoms. The molecule has 2 heteroatoms. The molecule has 0 saturated heterocycles. The number of hydrogen-bond donors (Lipinski definition) is 1. The Kier molecular flexibility index (Phi) is 2.06. The Morgan fingerprint density at radius 2 is 1.47 bits per heavy atom. The molecular formula is C17H14N2. The van der Waals surface area contributed by atoms with Gasteiger partial charge in [-0.3, -0.25) is 4.68 Å². The molecule has 0 aliphatic carbocycles. The lowest BCUT2D eigenvalue weighted by Gasteiger charge is -2.05. The van der Waals surface area contributed by atoms with Gasteiger partial charge in [-0.1, -0.05) is 48.5 Å². The molecule has 0 radical (unpaired) electrons. The summed E-state index contributed by atoms with van der Waals surface area (Å²) in [6.07, 6.45) is 0. The van der Waals surface area contributed by atoms with Crippen LogP contribution < -0.4 is 5.43 Å². The summed E-state index contributed by atoms with van der Waals surface area (Å²) in [4.78, 5) is 0. The van der Waals surface area contributed by atoms with E-state index >= 15 is 0 Å². The van der Waals surface area contributed by atoms with E-state index in [-0.39, 0.29) is 0 Å². The van der Waals surface area contributed by atoms with Crippen LogP contribution >= 0.6 is 0 Å². The van der Waals surface area contributed by atoms with Gasteiger partial charge in [0.15, 0.2) is 0 Å². The number of nitrogens with one attached hydrogen (secondary N) is 1. The number of nitrogens with zero attached hydrogens (tertiary/aromatic N) is 1. The van der Waals surface area contributed by atoms with Gasteiger partial charge in [0.25, 0.3) is 0 Å². The predicted molar refractivity (Wildman–Crippen MR) is 82.2 cm³/mol. The summed E-state index contributed by atoms with van der Waals surface area (Å²) < 4.78 is 2.15. The highest BCUT2D eigenvalue weighted by Gasteiger charge is 2.11. The minimum absolute atomic E-state index is 1.22. The quantitative estimate of drug-likeness (QED) is 0.534. The molecule has 2 nitrogen and oxygen atoms in total. The molecule has 0 fully saturated rings. The zero-order valence-corrected chi connectivity index (χ0v) is 10.7. The molecule has 0 unspecified atom stereocenters. The van der Waals surface area contributed by atoms with Crippen molar-refractivity contribution in [1.82, 2.24) is 4.68 Å². The molecule has 0 amide bonds. The summed E-state index contributed by atoms with van der Waals surface area (Å²) in [6, 6.07) is 21.5. The lowest BCUT2D eigenvalue weighted by molar-refractivity contribution is 1.02. The Labute approximate surface area is 111 Å². The van der Waals surface area contributed by atoms with E-state index in [4.69, 9.17) is 0 Å². The largest absolute Gasteiger partial charge is 0.328 e. The molecule has 1 heterocycles. The van der Waals surface area contributed by atoms with E-state index in [0.717, 1.165) is 0 Å². The molecule has 1 N–H and O–H groups in total. The second-order valence-electron chi connectivity index (χ2n) is 4.76. The second-order valence-corrected chi connectivity index (χ2v) is 4.76. The zero-order valence-electron chi connectivity index (χ0n) is 10.7. The van der Waals surface area contributed by atoms with Crippen molar-refractivity contribution >= 4 is 32.6 Å². The van der Waals surface area contributed by atoms with Gasteiger partial charge in [0, 0.05) is 17.8 Å². The first kappa shape index (κ1) is 10.4. The number of aromatic nitrogens is 1. The molecule has 19 heavy (non-hydrogen) atoms. The lowest BCUT2D eigenvalue weighted by Crippen LogP contribution is -2.07. The number of fused-ring (bicyclic) bond motifs is 5. The lowest BCUT2D eigenvalue weighted by atomic mass is 10.0. The van der Waals surface area contributed by atoms with Crippen LogP contribution in [0.25, 0.3) is 32.6 Å². The highest BCUT2D eigenvalue weighted by atomic mass is 15.4. The summed E-state index contributed by atoms with van der Waals surface area (Å²) in [5.74, 6) is 0. The van der Waals surface area contributed by atoms with E-state index in [1.54, 1.807) is 0 Å². The van der Waals surface area contributed by atoms with Crippen molar-refractivity contribution in [1.29, 1.82) is 0 Å². The molecule has 4 aromatic rings. The minimum atomic E-state index is 1.22. The maximum absolute atomic E-state index is 3.27. The van der Waals surface area contributed by atoms with Crippen LogP contribution in [-0.2, 0) is 0 Å². The molecule has 0 saturated carbocycles. The zero-order chi connectivity index (χ0) is 12.8. The maximum atomic E-state index is 3.27. The van der Waals surface area contributed by atoms with Crippen LogP contribution in [-0.4, -0.2) is 11.7 Å². The van der Waals surface area contributed by atoms with Crippen molar-refractivity contribution in [3.8, 4) is 0 Å². The van der Waals surface area contributed by atoms with E-state index in [1.807, 2.05) is 7.05 Å². The third-order valence-corrected chi connectivity index (χ3v) is 3.79. The molecule has 0 aliphatic rings. The average molecular weight is 246 g/mol. The van der Waals surface area contributed by atoms with Crippen LogP contribution in [0, 0.1) is 0 Å². The van der Waals surface area contributed by atoms with E-state index < -0.39 is 0 Å². The fourth-order valence-electron chi connectivity index (χ4n) is 2.98. The summed E-state index contributed by atoms with van der Waals surface area (Å²) in [6.45, 7) is 0. The van der Waals surface area contributed by atoms with Gasteiger partial charge in [-0.25, -0.2) is 0 Å². The first-order valence-electron chi connectivity index (χ1n) is 6.49. The summed E-state index contributed by atoms with van der Waals surface area (Å²) in [5, 5.41) is 5.21. The van der Waals surface area contributed by atoms with E-state index in [1.165, 1.54) is 32.6 Å². The van der Waals surface area contributed by atoms with Gasteiger partial charge >= 0.3 is 0 Å². The van der Waals surface area contributed by atoms with E-state index in [2.05, 4.69) is 70.8 Å². The molecule has 0 aliphatic heterocycles. The van der Waals surface area contributed by atoms with Crippen molar-refractivity contribution < 1.29 is 0 Å². The number of hydrogen-bond acceptors (Lipinski definition) is 1. The summed E-state index contributed by atoms with van der Waals surface area (Å²) in [7, 11) is 1.96. The Balaban J connectivity index is 2.37. The standard InChI is InChI=1S/C17H14N2/c1-18-19-15-9-5-4-8-14(15)17-13-7-3-2-6-12(13)10-11-16(17)19/h2-11,18H,1H3. The first-order valence-corrected chi connectivity index (χ1v) is 6.49. The van der Waals surface area contributed by atoms with Crippen LogP contribution in [0.15, 0.2) is 60.7 Å². The van der Waals surface area contributed by atoms with Crippen LogP contribution in [0.1, 0.15) is 0 Å². The fraction of sp³-hybridized carbons (Fsp3) is 0.0588. The summed E-state index contributed by atoms with van der Waals surface area (Å²) in [5.41, 5.74) is 5.72. The highest BCUT2D eigenvalue weighted by molar-refractivity contribution is 6.20. The highest BCUT2D eigenvalue weighted by Crippen LogP contribution is 2.33. The predicted octanol–water partition coefficient (Wildman–Crippen LogP) is 4.12. The van der Waals surface area contributed by atoms with E-state index in [9.17, 15) is 0 Å². The first-order chi connectivity index (χ1) is 9.40. The van der Waals surface area contributed by atoms with Gasteiger partial charge in [-0.05, 0) is 22.9 Å². The van der Waals surface area contributed by atoms with Crippen molar-refractivity contribution in [3.63, 3.8) is 0 Å². The minimum Gasteiger partial charge on any atom is -0.328 e. The van der Waals surface area contributed by atoms with Gasteiger partial charge in [0.2, 0.25) is 0 Å². The Bertz CT molecular complexity index is 903. The Hall–Kier alpha value is -2.48. The molecule has 4 rings (SSSR count). The van der Waals surface area contributed by atoms with Gasteiger partial charge in [-0.15, -0.1) is 0 Å². The topological polar surface area (TPSA) is 17.0 Å². The third-order valence-electron chi connectivity index (χ3n) is 3.79. The molecule has 0 atom stereocenters. The van der Waals surface area contributed by atoms with Gasteiger partial charge in [-0.2, -0.15) is 0 Å². The molecular weight excluding hydrogens is 232 g/mol. The maximum Gasteiger partial charge on any atom is 0.0712 e. The molecule has 92 valence electrons. The SMILES string of the molecule is CNn1c2ccccc2c2c3ccccc3ccc21. The van der Waals surface area contributed by atoms with E-state index in [0.29, 0.717) is 0 Å². The van der Waals surface area contributed by atoms with Crippen LogP contribution in [0.3, 0.4) is 0 Å². The Morgan fingerprint density at radius 1 is 0.737 bits per heavy atom. The number of para-hydroxylation sites is 1. The van der Waals surface area contributed by atoms with Crippen molar-refractivity contribution in [3.05, 3.63) is 60.7 Å². The van der Waals surface area contributed by atoms with Gasteiger partial charge in [0.05, 0.1) is 11.0 Å². The smallest absolute Gasteiger partial charge is 0.0712 e. The van der Waals surface area contributed by atoms with Gasteiger partial charge in [0.1, 0.15) is 0 Å². The fourth-order valence-corrected chi connectivity index (χ4v) is 2.98. The second kappa shape index (κ2) is 3.75. The Morgan fingerprint density at radius 3 is 2.32 bits per heavy atom. The normalized spacial score (nSPS) is 11.4. The van der Waals surface area contributed by atoms with Crippen molar-refractivity contribution in [2.45, 2.75) is 0 Å². The van der Waals surface area contributed by atoms with Gasteiger partial charge < -0.3 is 5.43 Å². The van der Waals surface area contributed by atoms with Crippen molar-refractivity contribution in [2.24, 2.45) is 0 Å². The average Bonchev–Trinajstić information content (AvgIpc) is 2.81.